The van der Waals surface area contributed by atoms with Gasteiger partial charge in [0, 0.05) is 12.6 Å². The van der Waals surface area contributed by atoms with E-state index in [0.717, 1.165) is 26.0 Å². The molecule has 1 rings (SSSR count). The van der Waals surface area contributed by atoms with Gasteiger partial charge in [0.15, 0.2) is 0 Å². The molecule has 1 aliphatic rings. The van der Waals surface area contributed by atoms with E-state index in [1.54, 1.807) is 0 Å². The van der Waals surface area contributed by atoms with Gasteiger partial charge in [0.05, 0.1) is 12.7 Å². The minimum atomic E-state index is 0.212. The van der Waals surface area contributed by atoms with Gasteiger partial charge in [-0.2, -0.15) is 0 Å². The van der Waals surface area contributed by atoms with E-state index in [9.17, 15) is 5.11 Å². The Kier molecular flexibility index (Phi) is 7.81. The maximum absolute atomic E-state index is 9.17. The molecule has 0 bridgehead atoms. The van der Waals surface area contributed by atoms with Gasteiger partial charge in [-0.1, -0.05) is 26.2 Å². The molecule has 0 aliphatic heterocycles. The average molecular weight is 229 g/mol. The van der Waals surface area contributed by atoms with Gasteiger partial charge in [0.25, 0.3) is 0 Å². The summed E-state index contributed by atoms with van der Waals surface area (Å²) in [5.74, 6) is 0. The average Bonchev–Trinajstić information content (AvgIpc) is 2.35. The third-order valence-electron chi connectivity index (χ3n) is 3.28. The van der Waals surface area contributed by atoms with Crippen LogP contribution in [0.15, 0.2) is 0 Å². The number of rotatable bonds is 8. The maximum Gasteiger partial charge on any atom is 0.0585 e. The first-order valence-corrected chi connectivity index (χ1v) is 6.82. The van der Waals surface area contributed by atoms with Crippen LogP contribution in [0.3, 0.4) is 0 Å². The van der Waals surface area contributed by atoms with Gasteiger partial charge in [-0.25, -0.2) is 0 Å². The molecule has 1 saturated carbocycles. The van der Waals surface area contributed by atoms with E-state index in [4.69, 9.17) is 4.74 Å². The molecule has 16 heavy (non-hydrogen) atoms. The van der Waals surface area contributed by atoms with Gasteiger partial charge in [-0.15, -0.1) is 0 Å². The van der Waals surface area contributed by atoms with Crippen LogP contribution in [0.25, 0.3) is 0 Å². The van der Waals surface area contributed by atoms with Crippen LogP contribution in [0.5, 0.6) is 0 Å². The van der Waals surface area contributed by atoms with E-state index < -0.39 is 0 Å². The lowest BCUT2D eigenvalue weighted by molar-refractivity contribution is 0.0208. The van der Waals surface area contributed by atoms with Crippen LogP contribution < -0.4 is 5.32 Å². The van der Waals surface area contributed by atoms with Crippen molar-refractivity contribution < 1.29 is 9.84 Å². The van der Waals surface area contributed by atoms with Crippen molar-refractivity contribution in [3.8, 4) is 0 Å². The lowest BCUT2D eigenvalue weighted by Crippen LogP contribution is -2.34. The molecule has 1 atom stereocenters. The molecule has 0 aromatic rings. The summed E-state index contributed by atoms with van der Waals surface area (Å²) in [7, 11) is 0. The van der Waals surface area contributed by atoms with Gasteiger partial charge in [0.1, 0.15) is 0 Å². The van der Waals surface area contributed by atoms with Crippen molar-refractivity contribution in [3.05, 3.63) is 0 Å². The van der Waals surface area contributed by atoms with E-state index in [-0.39, 0.29) is 12.6 Å². The predicted molar refractivity (Wildman–Crippen MR) is 66.6 cm³/mol. The first-order valence-electron chi connectivity index (χ1n) is 6.82. The SMILES string of the molecule is CCCNC(CO)CCOC1CCCCC1. The number of aliphatic hydroxyl groups excluding tert-OH is 1. The van der Waals surface area contributed by atoms with Crippen molar-refractivity contribution >= 4 is 0 Å². The fraction of sp³-hybridized carbons (Fsp3) is 1.00. The second kappa shape index (κ2) is 8.97. The number of aliphatic hydroxyl groups is 1. The Hall–Kier alpha value is -0.120. The molecule has 3 nitrogen and oxygen atoms in total. The molecule has 3 heteroatoms. The highest BCUT2D eigenvalue weighted by atomic mass is 16.5. The summed E-state index contributed by atoms with van der Waals surface area (Å²) in [6.45, 7) is 4.12. The Bertz CT molecular complexity index is 158. The van der Waals surface area contributed by atoms with E-state index in [0.29, 0.717) is 6.10 Å². The van der Waals surface area contributed by atoms with Crippen molar-refractivity contribution in [2.75, 3.05) is 19.8 Å². The van der Waals surface area contributed by atoms with Crippen molar-refractivity contribution in [2.24, 2.45) is 0 Å². The Balaban J connectivity index is 2.02. The smallest absolute Gasteiger partial charge is 0.0585 e. The summed E-state index contributed by atoms with van der Waals surface area (Å²) in [6.07, 6.45) is 8.99. The summed E-state index contributed by atoms with van der Waals surface area (Å²) >= 11 is 0. The number of ether oxygens (including phenoxy) is 1. The quantitative estimate of drug-likeness (QED) is 0.669. The van der Waals surface area contributed by atoms with Crippen molar-refractivity contribution in [2.45, 2.75) is 64.0 Å². The van der Waals surface area contributed by atoms with Crippen LogP contribution in [-0.2, 0) is 4.74 Å². The molecule has 2 N–H and O–H groups in total. The standard InChI is InChI=1S/C13H27NO2/c1-2-9-14-12(11-15)8-10-16-13-6-4-3-5-7-13/h12-15H,2-11H2,1H3. The molecule has 0 aromatic carbocycles. The second-order valence-electron chi connectivity index (χ2n) is 4.75. The van der Waals surface area contributed by atoms with Crippen molar-refractivity contribution in [1.29, 1.82) is 0 Å². The molecule has 0 saturated heterocycles. The zero-order valence-corrected chi connectivity index (χ0v) is 10.6. The molecule has 0 amide bonds. The summed E-state index contributed by atoms with van der Waals surface area (Å²) in [6, 6.07) is 0.212. The summed E-state index contributed by atoms with van der Waals surface area (Å²) < 4.78 is 5.84. The van der Waals surface area contributed by atoms with Crippen LogP contribution in [0.2, 0.25) is 0 Å². The topological polar surface area (TPSA) is 41.5 Å². The fourth-order valence-electron chi connectivity index (χ4n) is 2.22. The third kappa shape index (κ3) is 5.83. The Morgan fingerprint density at radius 1 is 1.31 bits per heavy atom. The molecular formula is C13H27NO2. The summed E-state index contributed by atoms with van der Waals surface area (Å²) in [5.41, 5.74) is 0. The number of hydrogen-bond donors (Lipinski definition) is 2. The molecule has 96 valence electrons. The van der Waals surface area contributed by atoms with Crippen molar-refractivity contribution in [3.63, 3.8) is 0 Å². The Morgan fingerprint density at radius 2 is 2.06 bits per heavy atom. The molecule has 0 heterocycles. The molecular weight excluding hydrogens is 202 g/mol. The van der Waals surface area contributed by atoms with Crippen LogP contribution >= 0.6 is 0 Å². The fourth-order valence-corrected chi connectivity index (χ4v) is 2.22. The predicted octanol–water partition coefficient (Wildman–Crippen LogP) is 2.09. The van der Waals surface area contributed by atoms with E-state index in [1.807, 2.05) is 0 Å². The minimum absolute atomic E-state index is 0.212. The van der Waals surface area contributed by atoms with Crippen molar-refractivity contribution in [1.82, 2.24) is 5.32 Å². The molecule has 0 radical (unpaired) electrons. The first kappa shape index (κ1) is 13.9. The zero-order chi connectivity index (χ0) is 11.6. The molecule has 0 aromatic heterocycles. The van der Waals surface area contributed by atoms with Gasteiger partial charge < -0.3 is 15.2 Å². The normalized spacial score (nSPS) is 19.9. The third-order valence-corrected chi connectivity index (χ3v) is 3.28. The lowest BCUT2D eigenvalue weighted by atomic mass is 9.98. The second-order valence-corrected chi connectivity index (χ2v) is 4.75. The van der Waals surface area contributed by atoms with Crippen LogP contribution in [0.1, 0.15) is 51.9 Å². The molecule has 1 unspecified atom stereocenters. The number of hydrogen-bond acceptors (Lipinski definition) is 3. The Morgan fingerprint density at radius 3 is 2.69 bits per heavy atom. The van der Waals surface area contributed by atoms with Gasteiger partial charge >= 0.3 is 0 Å². The van der Waals surface area contributed by atoms with E-state index in [2.05, 4.69) is 12.2 Å². The van der Waals surface area contributed by atoms with Gasteiger partial charge in [0.2, 0.25) is 0 Å². The minimum Gasteiger partial charge on any atom is -0.395 e. The molecule has 1 fully saturated rings. The highest BCUT2D eigenvalue weighted by Gasteiger charge is 2.14. The largest absolute Gasteiger partial charge is 0.395 e. The van der Waals surface area contributed by atoms with Gasteiger partial charge in [-0.3, -0.25) is 0 Å². The number of nitrogens with one attached hydrogen (secondary N) is 1. The van der Waals surface area contributed by atoms with E-state index in [1.165, 1.54) is 32.1 Å². The maximum atomic E-state index is 9.17. The van der Waals surface area contributed by atoms with E-state index >= 15 is 0 Å². The molecule has 1 aliphatic carbocycles. The summed E-state index contributed by atoms with van der Waals surface area (Å²) in [5, 5.41) is 12.5. The van der Waals surface area contributed by atoms with Crippen LogP contribution in [0, 0.1) is 0 Å². The lowest BCUT2D eigenvalue weighted by Gasteiger charge is -2.23. The van der Waals surface area contributed by atoms with Gasteiger partial charge in [-0.05, 0) is 32.2 Å². The first-order chi connectivity index (χ1) is 7.86. The highest BCUT2D eigenvalue weighted by molar-refractivity contribution is 4.68. The highest BCUT2D eigenvalue weighted by Crippen LogP contribution is 2.20. The Labute approximate surface area is 99.6 Å². The van der Waals surface area contributed by atoms with Crippen LogP contribution in [0.4, 0.5) is 0 Å². The molecule has 0 spiro atoms. The zero-order valence-electron chi connectivity index (χ0n) is 10.6. The monoisotopic (exact) mass is 229 g/mol. The summed E-state index contributed by atoms with van der Waals surface area (Å²) in [4.78, 5) is 0. The van der Waals surface area contributed by atoms with Crippen LogP contribution in [-0.4, -0.2) is 37.0 Å².